The number of fused-ring (bicyclic) bond motifs is 1. The SMILES string of the molecule is O=C1/C(=C/c2ccccc2Br)Oc2cc(OCc3ccc(F)cc3Cl)ccc21. The van der Waals surface area contributed by atoms with Gasteiger partial charge in [-0.15, -0.1) is 0 Å². The Morgan fingerprint density at radius 3 is 2.71 bits per heavy atom. The molecule has 0 amide bonds. The van der Waals surface area contributed by atoms with Crippen LogP contribution in [0.1, 0.15) is 21.5 Å². The summed E-state index contributed by atoms with van der Waals surface area (Å²) < 4.78 is 25.5. The summed E-state index contributed by atoms with van der Waals surface area (Å²) in [6, 6.07) is 16.7. The Hall–Kier alpha value is -2.63. The van der Waals surface area contributed by atoms with Crippen molar-refractivity contribution in [3.05, 3.63) is 98.4 Å². The number of benzene rings is 3. The van der Waals surface area contributed by atoms with Gasteiger partial charge in [-0.2, -0.15) is 0 Å². The maximum absolute atomic E-state index is 13.1. The van der Waals surface area contributed by atoms with Gasteiger partial charge in [0, 0.05) is 16.1 Å². The highest BCUT2D eigenvalue weighted by molar-refractivity contribution is 9.10. The molecule has 0 bridgehead atoms. The van der Waals surface area contributed by atoms with E-state index in [1.807, 2.05) is 24.3 Å². The Morgan fingerprint density at radius 2 is 1.93 bits per heavy atom. The second kappa shape index (κ2) is 7.78. The molecular formula is C22H13BrClFO3. The van der Waals surface area contributed by atoms with E-state index >= 15 is 0 Å². The molecule has 0 N–H and O–H groups in total. The van der Waals surface area contributed by atoms with E-state index in [-0.39, 0.29) is 18.1 Å². The summed E-state index contributed by atoms with van der Waals surface area (Å²) in [6.07, 6.45) is 1.70. The Labute approximate surface area is 174 Å². The van der Waals surface area contributed by atoms with E-state index in [1.165, 1.54) is 12.1 Å². The second-order valence-electron chi connectivity index (χ2n) is 6.14. The Balaban J connectivity index is 1.53. The van der Waals surface area contributed by atoms with Gasteiger partial charge in [-0.1, -0.05) is 51.8 Å². The lowest BCUT2D eigenvalue weighted by molar-refractivity contribution is 0.101. The molecule has 0 saturated heterocycles. The topological polar surface area (TPSA) is 35.5 Å². The fourth-order valence-corrected chi connectivity index (χ4v) is 3.41. The first-order valence-corrected chi connectivity index (χ1v) is 9.58. The molecule has 0 unspecified atom stereocenters. The zero-order chi connectivity index (χ0) is 19.7. The molecule has 1 aliphatic rings. The largest absolute Gasteiger partial charge is 0.489 e. The fourth-order valence-electron chi connectivity index (χ4n) is 2.79. The van der Waals surface area contributed by atoms with Gasteiger partial charge < -0.3 is 9.47 Å². The first-order chi connectivity index (χ1) is 13.5. The fraction of sp³-hybridized carbons (Fsp3) is 0.0455. The number of carbonyl (C=O) groups excluding carboxylic acids is 1. The minimum absolute atomic E-state index is 0.172. The molecule has 0 atom stereocenters. The minimum atomic E-state index is -0.400. The van der Waals surface area contributed by atoms with Crippen LogP contribution in [0.4, 0.5) is 4.39 Å². The van der Waals surface area contributed by atoms with E-state index in [1.54, 1.807) is 30.3 Å². The molecule has 4 rings (SSSR count). The van der Waals surface area contributed by atoms with Crippen LogP contribution in [-0.4, -0.2) is 5.78 Å². The summed E-state index contributed by atoms with van der Waals surface area (Å²) in [5.74, 6) is 0.627. The number of hydrogen-bond acceptors (Lipinski definition) is 3. The van der Waals surface area contributed by atoms with Gasteiger partial charge in [0.05, 0.1) is 10.6 Å². The summed E-state index contributed by atoms with van der Waals surface area (Å²) >= 11 is 9.47. The monoisotopic (exact) mass is 458 g/mol. The average Bonchev–Trinajstić information content (AvgIpc) is 2.98. The molecule has 0 saturated carbocycles. The molecular weight excluding hydrogens is 447 g/mol. The predicted octanol–water partition coefficient (Wildman–Crippen LogP) is 6.44. The predicted molar refractivity (Wildman–Crippen MR) is 109 cm³/mol. The Morgan fingerprint density at radius 1 is 1.11 bits per heavy atom. The lowest BCUT2D eigenvalue weighted by atomic mass is 10.1. The van der Waals surface area contributed by atoms with Crippen LogP contribution in [0.15, 0.2) is 70.9 Å². The molecule has 1 aliphatic heterocycles. The highest BCUT2D eigenvalue weighted by Crippen LogP contribution is 2.35. The normalized spacial score (nSPS) is 14.1. The quantitative estimate of drug-likeness (QED) is 0.421. The molecule has 28 heavy (non-hydrogen) atoms. The van der Waals surface area contributed by atoms with E-state index in [0.29, 0.717) is 27.6 Å². The van der Waals surface area contributed by atoms with Crippen LogP contribution in [0.3, 0.4) is 0 Å². The molecule has 0 aromatic heterocycles. The number of ether oxygens (including phenoxy) is 2. The summed E-state index contributed by atoms with van der Waals surface area (Å²) in [5.41, 5.74) is 1.99. The number of ketones is 1. The van der Waals surface area contributed by atoms with Gasteiger partial charge in [0.15, 0.2) is 5.76 Å². The summed E-state index contributed by atoms with van der Waals surface area (Å²) in [5, 5.41) is 0.297. The molecule has 140 valence electrons. The minimum Gasteiger partial charge on any atom is -0.489 e. The Bertz CT molecular complexity index is 1110. The van der Waals surface area contributed by atoms with Crippen molar-refractivity contribution >= 4 is 39.4 Å². The van der Waals surface area contributed by atoms with Crippen LogP contribution in [0.25, 0.3) is 6.08 Å². The number of Topliss-reactive ketones (excluding diaryl/α,β-unsaturated/α-hetero) is 1. The van der Waals surface area contributed by atoms with Crippen LogP contribution < -0.4 is 9.47 Å². The summed E-state index contributed by atoms with van der Waals surface area (Å²) in [7, 11) is 0. The van der Waals surface area contributed by atoms with Crippen molar-refractivity contribution in [1.29, 1.82) is 0 Å². The van der Waals surface area contributed by atoms with Crippen molar-refractivity contribution in [1.82, 2.24) is 0 Å². The molecule has 0 fully saturated rings. The number of halogens is 3. The van der Waals surface area contributed by atoms with Gasteiger partial charge in [0.2, 0.25) is 5.78 Å². The van der Waals surface area contributed by atoms with Gasteiger partial charge in [-0.25, -0.2) is 4.39 Å². The van der Waals surface area contributed by atoms with Crippen molar-refractivity contribution in [3.63, 3.8) is 0 Å². The van der Waals surface area contributed by atoms with E-state index in [2.05, 4.69) is 15.9 Å². The van der Waals surface area contributed by atoms with Crippen LogP contribution in [0.2, 0.25) is 5.02 Å². The molecule has 1 heterocycles. The molecule has 3 nitrogen and oxygen atoms in total. The third kappa shape index (κ3) is 3.81. The van der Waals surface area contributed by atoms with Crippen LogP contribution in [0, 0.1) is 5.82 Å². The maximum atomic E-state index is 13.1. The van der Waals surface area contributed by atoms with Gasteiger partial charge in [0.1, 0.15) is 23.9 Å². The zero-order valence-corrected chi connectivity index (χ0v) is 16.8. The van der Waals surface area contributed by atoms with Crippen LogP contribution in [0.5, 0.6) is 11.5 Å². The van der Waals surface area contributed by atoms with Crippen molar-refractivity contribution in [2.45, 2.75) is 6.61 Å². The average molecular weight is 460 g/mol. The van der Waals surface area contributed by atoms with E-state index < -0.39 is 5.82 Å². The highest BCUT2D eigenvalue weighted by Gasteiger charge is 2.28. The lowest BCUT2D eigenvalue weighted by Gasteiger charge is -2.08. The first-order valence-electron chi connectivity index (χ1n) is 8.41. The van der Waals surface area contributed by atoms with Crippen molar-refractivity contribution < 1.29 is 18.7 Å². The standard InChI is InChI=1S/C22H13BrClFO3/c23-18-4-2-1-3-13(18)9-21-22(26)17-8-7-16(11-20(17)28-21)27-12-14-5-6-15(25)10-19(14)24/h1-11H,12H2/b21-9-. The molecule has 0 radical (unpaired) electrons. The third-order valence-corrected chi connectivity index (χ3v) is 5.32. The molecule has 3 aromatic carbocycles. The number of rotatable bonds is 4. The van der Waals surface area contributed by atoms with Gasteiger partial charge >= 0.3 is 0 Å². The first kappa shape index (κ1) is 18.7. The number of carbonyl (C=O) groups is 1. The number of allylic oxidation sites excluding steroid dienone is 1. The van der Waals surface area contributed by atoms with Crippen LogP contribution >= 0.6 is 27.5 Å². The summed E-state index contributed by atoms with van der Waals surface area (Å²) in [6.45, 7) is 0.172. The number of hydrogen-bond donors (Lipinski definition) is 0. The van der Waals surface area contributed by atoms with E-state index in [4.69, 9.17) is 21.1 Å². The van der Waals surface area contributed by atoms with Crippen molar-refractivity contribution in [2.75, 3.05) is 0 Å². The zero-order valence-electron chi connectivity index (χ0n) is 14.4. The van der Waals surface area contributed by atoms with Gasteiger partial charge in [-0.3, -0.25) is 4.79 Å². The maximum Gasteiger partial charge on any atom is 0.231 e. The Kier molecular flexibility index (Phi) is 5.20. The molecule has 0 aliphatic carbocycles. The van der Waals surface area contributed by atoms with Gasteiger partial charge in [-0.05, 0) is 42.0 Å². The summed E-state index contributed by atoms with van der Waals surface area (Å²) in [4.78, 5) is 12.6. The molecule has 0 spiro atoms. The second-order valence-corrected chi connectivity index (χ2v) is 7.41. The van der Waals surface area contributed by atoms with Crippen molar-refractivity contribution in [2.24, 2.45) is 0 Å². The smallest absolute Gasteiger partial charge is 0.231 e. The molecule has 6 heteroatoms. The van der Waals surface area contributed by atoms with Crippen LogP contribution in [-0.2, 0) is 6.61 Å². The van der Waals surface area contributed by atoms with E-state index in [0.717, 1.165) is 10.0 Å². The van der Waals surface area contributed by atoms with Crippen molar-refractivity contribution in [3.8, 4) is 11.5 Å². The molecule has 3 aromatic rings. The highest BCUT2D eigenvalue weighted by atomic mass is 79.9. The van der Waals surface area contributed by atoms with Gasteiger partial charge in [0.25, 0.3) is 0 Å². The van der Waals surface area contributed by atoms with E-state index in [9.17, 15) is 9.18 Å². The lowest BCUT2D eigenvalue weighted by Crippen LogP contribution is -1.98. The third-order valence-electron chi connectivity index (χ3n) is 4.24.